The molecule has 2 aromatic rings. The third-order valence-electron chi connectivity index (χ3n) is 2.79. The lowest BCUT2D eigenvalue weighted by Crippen LogP contribution is -2.47. The second-order valence-electron chi connectivity index (χ2n) is 4.52. The van der Waals surface area contributed by atoms with E-state index >= 15 is 0 Å². The van der Waals surface area contributed by atoms with Crippen molar-refractivity contribution in [3.8, 4) is 5.75 Å². The molecule has 1 aromatic heterocycles. The highest BCUT2D eigenvalue weighted by Gasteiger charge is 2.17. The largest absolute Gasteiger partial charge is 0.479 e. The van der Waals surface area contributed by atoms with Crippen LogP contribution in [0.25, 0.3) is 0 Å². The van der Waals surface area contributed by atoms with Crippen LogP contribution in [0.4, 0.5) is 0 Å². The van der Waals surface area contributed by atoms with E-state index in [2.05, 4.69) is 15.8 Å². The molecule has 0 saturated heterocycles. The van der Waals surface area contributed by atoms with E-state index in [1.165, 1.54) is 19.2 Å². The molecule has 2 N–H and O–H groups in total. The number of rotatable bonds is 4. The smallest absolute Gasteiger partial charge is 0.279 e. The number of hydrogen-bond donors (Lipinski definition) is 2. The number of carbonyl (C=O) groups is 2. The van der Waals surface area contributed by atoms with Crippen LogP contribution in [0.1, 0.15) is 17.3 Å². The van der Waals surface area contributed by atoms with Crippen LogP contribution in [-0.2, 0) is 4.79 Å². The van der Waals surface area contributed by atoms with Crippen molar-refractivity contribution in [2.45, 2.75) is 13.0 Å². The lowest BCUT2D eigenvalue weighted by atomic mass is 10.3. The predicted octanol–water partition coefficient (Wildman–Crippen LogP) is 2.62. The monoisotopic (exact) mass is 353 g/mol. The molecule has 0 unspecified atom stereocenters. The van der Waals surface area contributed by atoms with Gasteiger partial charge in [0.15, 0.2) is 6.10 Å². The fourth-order valence-corrected chi connectivity index (χ4v) is 2.06. The Morgan fingerprint density at radius 1 is 1.22 bits per heavy atom. The summed E-state index contributed by atoms with van der Waals surface area (Å²) in [4.78, 5) is 27.5. The predicted molar refractivity (Wildman–Crippen MR) is 86.4 cm³/mol. The van der Waals surface area contributed by atoms with Crippen LogP contribution in [0.15, 0.2) is 42.7 Å². The van der Waals surface area contributed by atoms with Gasteiger partial charge in [-0.2, -0.15) is 0 Å². The maximum Gasteiger partial charge on any atom is 0.279 e. The SMILES string of the molecule is C[C@H](Oc1ccc(Cl)cc1Cl)C(=O)NNC(=O)c1cccnc1. The number of hydrogen-bond acceptors (Lipinski definition) is 4. The van der Waals surface area contributed by atoms with Gasteiger partial charge in [0.1, 0.15) is 5.75 Å². The van der Waals surface area contributed by atoms with Crippen LogP contribution in [0.2, 0.25) is 10.0 Å². The quantitative estimate of drug-likeness (QED) is 0.828. The van der Waals surface area contributed by atoms with Gasteiger partial charge in [0.05, 0.1) is 10.6 Å². The molecule has 2 rings (SSSR count). The molecule has 0 radical (unpaired) electrons. The molecule has 1 atom stereocenters. The van der Waals surface area contributed by atoms with Crippen LogP contribution >= 0.6 is 23.2 Å². The Labute approximate surface area is 142 Å². The number of aromatic nitrogens is 1. The molecule has 0 aliphatic carbocycles. The Morgan fingerprint density at radius 2 is 2.00 bits per heavy atom. The van der Waals surface area contributed by atoms with Crippen molar-refractivity contribution in [3.63, 3.8) is 0 Å². The first kappa shape index (κ1) is 17.1. The molecule has 0 spiro atoms. The molecule has 0 aliphatic heterocycles. The topological polar surface area (TPSA) is 80.3 Å². The molecule has 1 heterocycles. The minimum atomic E-state index is -0.872. The van der Waals surface area contributed by atoms with Crippen molar-refractivity contribution in [2.24, 2.45) is 0 Å². The lowest BCUT2D eigenvalue weighted by molar-refractivity contribution is -0.128. The molecule has 0 fully saturated rings. The van der Waals surface area contributed by atoms with E-state index < -0.39 is 17.9 Å². The van der Waals surface area contributed by atoms with Crippen LogP contribution < -0.4 is 15.6 Å². The zero-order valence-electron chi connectivity index (χ0n) is 12.0. The third-order valence-corrected chi connectivity index (χ3v) is 3.32. The first-order chi connectivity index (χ1) is 11.0. The van der Waals surface area contributed by atoms with Crippen LogP contribution in [-0.4, -0.2) is 22.9 Å². The van der Waals surface area contributed by atoms with E-state index in [4.69, 9.17) is 27.9 Å². The maximum absolute atomic E-state index is 11.9. The summed E-state index contributed by atoms with van der Waals surface area (Å²) in [6.07, 6.45) is 2.05. The van der Waals surface area contributed by atoms with E-state index in [0.29, 0.717) is 16.3 Å². The summed E-state index contributed by atoms with van der Waals surface area (Å²) < 4.78 is 5.43. The minimum absolute atomic E-state index is 0.288. The van der Waals surface area contributed by atoms with Crippen molar-refractivity contribution >= 4 is 35.0 Å². The fourth-order valence-electron chi connectivity index (χ4n) is 1.60. The number of benzene rings is 1. The number of nitrogens with one attached hydrogen (secondary N) is 2. The van der Waals surface area contributed by atoms with Crippen molar-refractivity contribution in [1.82, 2.24) is 15.8 Å². The normalized spacial score (nSPS) is 11.4. The van der Waals surface area contributed by atoms with Crippen molar-refractivity contribution in [1.29, 1.82) is 0 Å². The van der Waals surface area contributed by atoms with E-state index in [1.807, 2.05) is 0 Å². The minimum Gasteiger partial charge on any atom is -0.479 e. The summed E-state index contributed by atoms with van der Waals surface area (Å²) in [7, 11) is 0. The van der Waals surface area contributed by atoms with Gasteiger partial charge in [0.2, 0.25) is 0 Å². The summed E-state index contributed by atoms with van der Waals surface area (Å²) in [6.45, 7) is 1.52. The molecule has 0 bridgehead atoms. The second kappa shape index (κ2) is 7.80. The van der Waals surface area contributed by atoms with E-state index in [0.717, 1.165) is 0 Å². The maximum atomic E-state index is 11.9. The molecule has 23 heavy (non-hydrogen) atoms. The molecule has 120 valence electrons. The molecule has 1 aromatic carbocycles. The van der Waals surface area contributed by atoms with Gasteiger partial charge in [0, 0.05) is 17.4 Å². The van der Waals surface area contributed by atoms with Gasteiger partial charge in [-0.1, -0.05) is 23.2 Å². The van der Waals surface area contributed by atoms with Crippen LogP contribution in [0.3, 0.4) is 0 Å². The standard InChI is InChI=1S/C15H13Cl2N3O3/c1-9(23-13-5-4-11(16)7-12(13)17)14(21)19-20-15(22)10-3-2-6-18-8-10/h2-9H,1H3,(H,19,21)(H,20,22)/t9-/m0/s1. The number of carbonyl (C=O) groups excluding carboxylic acids is 2. The number of halogens is 2. The second-order valence-corrected chi connectivity index (χ2v) is 5.36. The summed E-state index contributed by atoms with van der Waals surface area (Å²) in [5.41, 5.74) is 4.87. The fraction of sp³-hybridized carbons (Fsp3) is 0.133. The van der Waals surface area contributed by atoms with Crippen molar-refractivity contribution < 1.29 is 14.3 Å². The first-order valence-electron chi connectivity index (χ1n) is 6.59. The third kappa shape index (κ3) is 4.84. The van der Waals surface area contributed by atoms with Gasteiger partial charge in [-0.05, 0) is 37.3 Å². The summed E-state index contributed by atoms with van der Waals surface area (Å²) in [5, 5.41) is 0.750. The molecule has 0 aliphatic rings. The van der Waals surface area contributed by atoms with E-state index in [-0.39, 0.29) is 5.02 Å². The average molecular weight is 354 g/mol. The molecule has 2 amide bonds. The van der Waals surface area contributed by atoms with Gasteiger partial charge in [-0.15, -0.1) is 0 Å². The zero-order valence-corrected chi connectivity index (χ0v) is 13.6. The summed E-state index contributed by atoms with van der Waals surface area (Å²) in [6, 6.07) is 7.85. The Hall–Kier alpha value is -2.31. The Kier molecular flexibility index (Phi) is 5.78. The van der Waals surface area contributed by atoms with Gasteiger partial charge < -0.3 is 4.74 Å². The number of ether oxygens (including phenoxy) is 1. The van der Waals surface area contributed by atoms with Crippen LogP contribution in [0, 0.1) is 0 Å². The van der Waals surface area contributed by atoms with Gasteiger partial charge in [-0.25, -0.2) is 0 Å². The number of hydrazine groups is 1. The highest BCUT2D eigenvalue weighted by atomic mass is 35.5. The summed E-state index contributed by atoms with van der Waals surface area (Å²) in [5.74, 6) is -0.700. The Bertz CT molecular complexity index is 710. The van der Waals surface area contributed by atoms with Gasteiger partial charge in [0.25, 0.3) is 11.8 Å². The molecular formula is C15H13Cl2N3O3. The summed E-state index contributed by atoms with van der Waals surface area (Å²) >= 11 is 11.8. The first-order valence-corrected chi connectivity index (χ1v) is 7.35. The van der Waals surface area contributed by atoms with Crippen molar-refractivity contribution in [3.05, 3.63) is 58.3 Å². The Balaban J connectivity index is 1.89. The van der Waals surface area contributed by atoms with E-state index in [1.54, 1.807) is 30.5 Å². The number of nitrogens with zero attached hydrogens (tertiary/aromatic N) is 1. The Morgan fingerprint density at radius 3 is 2.65 bits per heavy atom. The molecule has 0 saturated carbocycles. The zero-order chi connectivity index (χ0) is 16.8. The average Bonchev–Trinajstić information content (AvgIpc) is 2.55. The highest BCUT2D eigenvalue weighted by Crippen LogP contribution is 2.28. The number of amides is 2. The molecule has 6 nitrogen and oxygen atoms in total. The van der Waals surface area contributed by atoms with Crippen LogP contribution in [0.5, 0.6) is 5.75 Å². The molecular weight excluding hydrogens is 341 g/mol. The van der Waals surface area contributed by atoms with Gasteiger partial charge in [-0.3, -0.25) is 25.4 Å². The number of pyridine rings is 1. The molecule has 8 heteroatoms. The van der Waals surface area contributed by atoms with E-state index in [9.17, 15) is 9.59 Å². The highest BCUT2D eigenvalue weighted by molar-refractivity contribution is 6.35. The van der Waals surface area contributed by atoms with Gasteiger partial charge >= 0.3 is 0 Å². The lowest BCUT2D eigenvalue weighted by Gasteiger charge is -2.16. The van der Waals surface area contributed by atoms with Crippen molar-refractivity contribution in [2.75, 3.05) is 0 Å².